The normalized spacial score (nSPS) is 18.7. The smallest absolute Gasteiger partial charge is 0.312 e. The van der Waals surface area contributed by atoms with E-state index in [0.717, 1.165) is 31.5 Å². The summed E-state index contributed by atoms with van der Waals surface area (Å²) in [7, 11) is 0. The minimum Gasteiger partial charge on any atom is -0.341 e. The standard InChI is InChI=1S/C17H21N3O3/c21-15(18-8-4-5-9-18)13-20-11-10-19(16(22)17(20)23)12-14-6-2-1-3-7-14/h1-3,6-7H,4-5,8-13H2. The van der Waals surface area contributed by atoms with Gasteiger partial charge in [-0.15, -0.1) is 0 Å². The number of carbonyl (C=O) groups excluding carboxylic acids is 3. The van der Waals surface area contributed by atoms with E-state index in [-0.39, 0.29) is 12.5 Å². The van der Waals surface area contributed by atoms with Crippen LogP contribution in [0.5, 0.6) is 0 Å². The number of benzene rings is 1. The Morgan fingerprint density at radius 1 is 0.870 bits per heavy atom. The highest BCUT2D eigenvalue weighted by Gasteiger charge is 2.34. The van der Waals surface area contributed by atoms with Gasteiger partial charge in [-0.25, -0.2) is 0 Å². The Morgan fingerprint density at radius 2 is 1.48 bits per heavy atom. The lowest BCUT2D eigenvalue weighted by molar-refractivity contribution is -0.158. The van der Waals surface area contributed by atoms with Crippen molar-refractivity contribution < 1.29 is 14.4 Å². The Bertz CT molecular complexity index is 596. The first kappa shape index (κ1) is 15.5. The fourth-order valence-corrected chi connectivity index (χ4v) is 3.05. The highest BCUT2D eigenvalue weighted by molar-refractivity contribution is 6.35. The summed E-state index contributed by atoms with van der Waals surface area (Å²) in [6.45, 7) is 2.84. The number of likely N-dealkylation sites (tertiary alicyclic amines) is 1. The topological polar surface area (TPSA) is 60.9 Å². The molecule has 3 rings (SSSR count). The molecule has 3 amide bonds. The Morgan fingerprint density at radius 3 is 2.17 bits per heavy atom. The van der Waals surface area contributed by atoms with Gasteiger partial charge in [-0.3, -0.25) is 14.4 Å². The van der Waals surface area contributed by atoms with Crippen molar-refractivity contribution in [3.05, 3.63) is 35.9 Å². The molecule has 6 nitrogen and oxygen atoms in total. The van der Waals surface area contributed by atoms with Crippen LogP contribution in [0.15, 0.2) is 30.3 Å². The van der Waals surface area contributed by atoms with Gasteiger partial charge in [-0.2, -0.15) is 0 Å². The summed E-state index contributed by atoms with van der Waals surface area (Å²) >= 11 is 0. The molecule has 0 aromatic heterocycles. The molecule has 2 aliphatic heterocycles. The van der Waals surface area contributed by atoms with Crippen molar-refractivity contribution >= 4 is 17.7 Å². The van der Waals surface area contributed by atoms with E-state index in [1.165, 1.54) is 4.90 Å². The monoisotopic (exact) mass is 315 g/mol. The maximum absolute atomic E-state index is 12.3. The number of piperazine rings is 1. The summed E-state index contributed by atoms with van der Waals surface area (Å²) in [5, 5.41) is 0. The minimum absolute atomic E-state index is 0.0176. The predicted octanol–water partition coefficient (Wildman–Crippen LogP) is 0.480. The van der Waals surface area contributed by atoms with Gasteiger partial charge >= 0.3 is 11.8 Å². The van der Waals surface area contributed by atoms with E-state index in [2.05, 4.69) is 0 Å². The Hall–Kier alpha value is -2.37. The van der Waals surface area contributed by atoms with Gasteiger partial charge in [0.1, 0.15) is 6.54 Å². The minimum atomic E-state index is -0.570. The van der Waals surface area contributed by atoms with Crippen molar-refractivity contribution in [2.24, 2.45) is 0 Å². The van der Waals surface area contributed by atoms with Gasteiger partial charge in [0, 0.05) is 32.7 Å². The van der Waals surface area contributed by atoms with Crippen molar-refractivity contribution in [3.63, 3.8) is 0 Å². The van der Waals surface area contributed by atoms with Gasteiger partial charge < -0.3 is 14.7 Å². The fraction of sp³-hybridized carbons (Fsp3) is 0.471. The van der Waals surface area contributed by atoms with Crippen LogP contribution in [0.4, 0.5) is 0 Å². The largest absolute Gasteiger partial charge is 0.341 e. The van der Waals surface area contributed by atoms with Crippen molar-refractivity contribution in [2.75, 3.05) is 32.7 Å². The van der Waals surface area contributed by atoms with Crippen molar-refractivity contribution in [1.29, 1.82) is 0 Å². The summed E-state index contributed by atoms with van der Waals surface area (Å²) < 4.78 is 0. The number of hydrogen-bond acceptors (Lipinski definition) is 3. The maximum atomic E-state index is 12.3. The lowest BCUT2D eigenvalue weighted by Gasteiger charge is -2.34. The van der Waals surface area contributed by atoms with E-state index in [0.29, 0.717) is 19.6 Å². The molecular weight excluding hydrogens is 294 g/mol. The molecule has 1 aromatic carbocycles. The Balaban J connectivity index is 1.57. The van der Waals surface area contributed by atoms with Crippen molar-refractivity contribution in [3.8, 4) is 0 Å². The lowest BCUT2D eigenvalue weighted by atomic mass is 10.2. The van der Waals surface area contributed by atoms with Crippen LogP contribution < -0.4 is 0 Å². The summed E-state index contributed by atoms with van der Waals surface area (Å²) in [4.78, 5) is 41.3. The van der Waals surface area contributed by atoms with Crippen LogP contribution >= 0.6 is 0 Å². The molecular formula is C17H21N3O3. The molecule has 23 heavy (non-hydrogen) atoms. The molecule has 2 fully saturated rings. The molecule has 6 heteroatoms. The van der Waals surface area contributed by atoms with Crippen molar-refractivity contribution in [2.45, 2.75) is 19.4 Å². The summed E-state index contributed by atoms with van der Waals surface area (Å²) in [6.07, 6.45) is 2.03. The second kappa shape index (κ2) is 6.81. The van der Waals surface area contributed by atoms with E-state index >= 15 is 0 Å². The fourth-order valence-electron chi connectivity index (χ4n) is 3.05. The van der Waals surface area contributed by atoms with Crippen LogP contribution in [0.2, 0.25) is 0 Å². The number of rotatable bonds is 4. The molecule has 122 valence electrons. The molecule has 0 spiro atoms. The average Bonchev–Trinajstić information content (AvgIpc) is 3.10. The Labute approximate surface area is 135 Å². The summed E-state index contributed by atoms with van der Waals surface area (Å²) in [6, 6.07) is 9.60. The van der Waals surface area contributed by atoms with Crippen LogP contribution in [-0.4, -0.2) is 65.1 Å². The van der Waals surface area contributed by atoms with Gasteiger partial charge in [0.05, 0.1) is 0 Å². The number of amides is 3. The predicted molar refractivity (Wildman–Crippen MR) is 84.3 cm³/mol. The number of hydrogen-bond donors (Lipinski definition) is 0. The highest BCUT2D eigenvalue weighted by atomic mass is 16.2. The third-order valence-corrected chi connectivity index (χ3v) is 4.40. The molecule has 0 atom stereocenters. The van der Waals surface area contributed by atoms with Crippen LogP contribution in [0, 0.1) is 0 Å². The van der Waals surface area contributed by atoms with Gasteiger partial charge in [0.25, 0.3) is 0 Å². The molecule has 2 saturated heterocycles. The molecule has 0 saturated carbocycles. The molecule has 0 unspecified atom stereocenters. The zero-order valence-corrected chi connectivity index (χ0v) is 13.1. The lowest BCUT2D eigenvalue weighted by Crippen LogP contribution is -2.56. The first-order valence-electron chi connectivity index (χ1n) is 8.05. The third kappa shape index (κ3) is 3.52. The number of carbonyl (C=O) groups is 3. The summed E-state index contributed by atoms with van der Waals surface area (Å²) in [5.41, 5.74) is 0.996. The van der Waals surface area contributed by atoms with E-state index in [9.17, 15) is 14.4 Å². The molecule has 0 aliphatic carbocycles. The molecule has 0 bridgehead atoms. The molecule has 2 aliphatic rings. The van der Waals surface area contributed by atoms with Gasteiger partial charge in [-0.05, 0) is 18.4 Å². The second-order valence-electron chi connectivity index (χ2n) is 6.03. The Kier molecular flexibility index (Phi) is 4.60. The van der Waals surface area contributed by atoms with Crippen molar-refractivity contribution in [1.82, 2.24) is 14.7 Å². The third-order valence-electron chi connectivity index (χ3n) is 4.40. The van der Waals surface area contributed by atoms with Crippen LogP contribution in [0.1, 0.15) is 18.4 Å². The zero-order chi connectivity index (χ0) is 16.2. The molecule has 2 heterocycles. The second-order valence-corrected chi connectivity index (χ2v) is 6.03. The molecule has 1 aromatic rings. The average molecular weight is 315 g/mol. The molecule has 0 radical (unpaired) electrons. The summed E-state index contributed by atoms with van der Waals surface area (Å²) in [5.74, 6) is -1.14. The zero-order valence-electron chi connectivity index (χ0n) is 13.1. The maximum Gasteiger partial charge on any atom is 0.312 e. The van der Waals surface area contributed by atoms with Gasteiger partial charge in [-0.1, -0.05) is 30.3 Å². The van der Waals surface area contributed by atoms with E-state index < -0.39 is 11.8 Å². The first-order valence-corrected chi connectivity index (χ1v) is 8.05. The van der Waals surface area contributed by atoms with E-state index in [1.807, 2.05) is 30.3 Å². The number of nitrogens with zero attached hydrogens (tertiary/aromatic N) is 3. The van der Waals surface area contributed by atoms with Crippen LogP contribution in [0.25, 0.3) is 0 Å². The SMILES string of the molecule is O=C(CN1CCN(Cc2ccccc2)C(=O)C1=O)N1CCCC1. The van der Waals surface area contributed by atoms with E-state index in [4.69, 9.17) is 0 Å². The van der Waals surface area contributed by atoms with Crippen LogP contribution in [-0.2, 0) is 20.9 Å². The first-order chi connectivity index (χ1) is 11.1. The van der Waals surface area contributed by atoms with Crippen LogP contribution in [0.3, 0.4) is 0 Å². The quantitative estimate of drug-likeness (QED) is 0.759. The van der Waals surface area contributed by atoms with Gasteiger partial charge in [0.2, 0.25) is 5.91 Å². The van der Waals surface area contributed by atoms with Gasteiger partial charge in [0.15, 0.2) is 0 Å². The highest BCUT2D eigenvalue weighted by Crippen LogP contribution is 2.12. The molecule has 0 N–H and O–H groups in total. The van der Waals surface area contributed by atoms with E-state index in [1.54, 1.807) is 9.80 Å².